The second-order valence-electron chi connectivity index (χ2n) is 17.2. The van der Waals surface area contributed by atoms with Gasteiger partial charge in [-0.05, 0) is 103 Å². The van der Waals surface area contributed by atoms with Gasteiger partial charge in [0, 0.05) is 21.8 Å². The molecule has 2 heterocycles. The van der Waals surface area contributed by atoms with E-state index < -0.39 is 0 Å². The highest BCUT2D eigenvalue weighted by atomic mass is 15.2. The molecule has 8 aromatic rings. The Morgan fingerprint density at radius 1 is 0.469 bits per heavy atom. The summed E-state index contributed by atoms with van der Waals surface area (Å²) in [5.41, 5.74) is 17.3. The molecule has 8 aromatic carbocycles. The van der Waals surface area contributed by atoms with Crippen molar-refractivity contribution in [1.82, 2.24) is 10.6 Å². The Labute approximate surface area is 373 Å². The third-order valence-electron chi connectivity index (χ3n) is 13.4. The molecule has 0 saturated carbocycles. The summed E-state index contributed by atoms with van der Waals surface area (Å²) in [4.78, 5) is 10.6. The van der Waals surface area contributed by atoms with Crippen molar-refractivity contribution in [1.29, 1.82) is 0 Å². The Morgan fingerprint density at radius 3 is 1.89 bits per heavy atom. The van der Waals surface area contributed by atoms with Crippen LogP contribution < -0.4 is 21.1 Å². The molecule has 0 amide bonds. The summed E-state index contributed by atoms with van der Waals surface area (Å²) in [6, 6.07) is 72.4. The minimum absolute atomic E-state index is 0.129. The fourth-order valence-corrected chi connectivity index (χ4v) is 10.2. The molecule has 4 aliphatic rings. The average molecular weight is 821 g/mol. The van der Waals surface area contributed by atoms with Crippen LogP contribution in [-0.2, 0) is 5.41 Å². The maximum absolute atomic E-state index is 5.34. The lowest BCUT2D eigenvalue weighted by molar-refractivity contribution is 0.674. The second-order valence-corrected chi connectivity index (χ2v) is 17.2. The first-order chi connectivity index (χ1) is 31.6. The van der Waals surface area contributed by atoms with Crippen molar-refractivity contribution in [2.24, 2.45) is 9.98 Å². The van der Waals surface area contributed by atoms with E-state index in [1.165, 1.54) is 43.8 Å². The number of nitrogens with one attached hydrogen (secondary N) is 2. The summed E-state index contributed by atoms with van der Waals surface area (Å²) < 4.78 is 0. The monoisotopic (exact) mass is 820 g/mol. The third kappa shape index (κ3) is 6.37. The molecule has 2 aliphatic carbocycles. The molecule has 3 atom stereocenters. The Bertz CT molecular complexity index is 3380. The topological polar surface area (TPSA) is 48.8 Å². The van der Waals surface area contributed by atoms with Crippen LogP contribution in [0, 0.1) is 0 Å². The van der Waals surface area contributed by atoms with Gasteiger partial charge in [-0.2, -0.15) is 0 Å². The van der Waals surface area contributed by atoms with Gasteiger partial charge in [0.05, 0.1) is 11.7 Å². The van der Waals surface area contributed by atoms with E-state index in [1.54, 1.807) is 0 Å². The molecule has 12 rings (SSSR count). The first-order valence-corrected chi connectivity index (χ1v) is 22.1. The second kappa shape index (κ2) is 15.4. The van der Waals surface area contributed by atoms with E-state index in [0.717, 1.165) is 56.0 Å². The fraction of sp³-hybridized carbons (Fsp3) is 0.0667. The molecule has 2 aliphatic heterocycles. The number of hydrogen-bond donors (Lipinski definition) is 2. The molecule has 0 fully saturated rings. The number of fused-ring (bicyclic) bond motifs is 5. The Kier molecular flexibility index (Phi) is 9.05. The van der Waals surface area contributed by atoms with Crippen LogP contribution in [0.15, 0.2) is 234 Å². The largest absolute Gasteiger partial charge is 0.374 e. The molecule has 4 nitrogen and oxygen atoms in total. The maximum Gasteiger partial charge on any atom is 0.159 e. The summed E-state index contributed by atoms with van der Waals surface area (Å²) in [7, 11) is 0. The van der Waals surface area contributed by atoms with Gasteiger partial charge in [0.15, 0.2) is 5.84 Å². The Balaban J connectivity index is 1.03. The van der Waals surface area contributed by atoms with Gasteiger partial charge in [0.1, 0.15) is 12.0 Å². The van der Waals surface area contributed by atoms with Crippen LogP contribution in [0.3, 0.4) is 0 Å². The predicted molar refractivity (Wildman–Crippen MR) is 263 cm³/mol. The minimum atomic E-state index is -0.317. The first kappa shape index (κ1) is 37.7. The number of aliphatic imine (C=N–C) groups is 2. The molecule has 3 unspecified atom stereocenters. The van der Waals surface area contributed by atoms with E-state index >= 15 is 0 Å². The maximum atomic E-state index is 5.34. The van der Waals surface area contributed by atoms with Gasteiger partial charge in [-0.3, -0.25) is 0 Å². The van der Waals surface area contributed by atoms with Gasteiger partial charge >= 0.3 is 0 Å². The van der Waals surface area contributed by atoms with E-state index in [4.69, 9.17) is 9.98 Å². The lowest BCUT2D eigenvalue weighted by Gasteiger charge is -2.28. The molecule has 304 valence electrons. The van der Waals surface area contributed by atoms with Crippen molar-refractivity contribution in [3.05, 3.63) is 274 Å². The zero-order valence-electron chi connectivity index (χ0n) is 35.4. The van der Waals surface area contributed by atoms with Gasteiger partial charge in [0.25, 0.3) is 0 Å². The first-order valence-electron chi connectivity index (χ1n) is 22.1. The van der Waals surface area contributed by atoms with Crippen LogP contribution in [0.4, 0.5) is 0 Å². The van der Waals surface area contributed by atoms with Gasteiger partial charge in [-0.25, -0.2) is 9.98 Å². The quantitative estimate of drug-likeness (QED) is 0.168. The fourth-order valence-electron chi connectivity index (χ4n) is 10.2. The van der Waals surface area contributed by atoms with Crippen LogP contribution in [0.25, 0.3) is 44.7 Å². The Morgan fingerprint density at radius 2 is 1.09 bits per heavy atom. The van der Waals surface area contributed by atoms with Crippen molar-refractivity contribution < 1.29 is 0 Å². The summed E-state index contributed by atoms with van der Waals surface area (Å²) in [6.45, 7) is 2.38. The number of allylic oxidation sites excluding steroid dienone is 2. The minimum Gasteiger partial charge on any atom is -0.374 e. The number of hydrogen-bond acceptors (Lipinski definition) is 4. The van der Waals surface area contributed by atoms with Crippen molar-refractivity contribution in [3.8, 4) is 33.4 Å². The number of rotatable bonds is 7. The van der Waals surface area contributed by atoms with Crippen LogP contribution in [-0.4, -0.2) is 17.7 Å². The molecule has 0 saturated heterocycles. The molecular formula is C60H44N4. The molecule has 4 heteroatoms. The van der Waals surface area contributed by atoms with E-state index in [1.807, 2.05) is 12.1 Å². The molecule has 0 bridgehead atoms. The highest BCUT2D eigenvalue weighted by Crippen LogP contribution is 2.53. The van der Waals surface area contributed by atoms with Gasteiger partial charge in [-0.1, -0.05) is 200 Å². The SMILES string of the molecule is CC1(c2ccccc2)c2ccccc2-c2ccc(-c3cc(C4=NC(c5ccccc5)NC(c5ccccc5)=N4)cc(-c4ccc(C5=c6ccccc6=C6C=CC=CC6N5)cc4)c3)cc21. The van der Waals surface area contributed by atoms with Crippen molar-refractivity contribution >= 4 is 22.9 Å². The highest BCUT2D eigenvalue weighted by molar-refractivity contribution is 6.13. The highest BCUT2D eigenvalue weighted by Gasteiger charge is 2.40. The smallest absolute Gasteiger partial charge is 0.159 e. The lowest BCUT2D eigenvalue weighted by Crippen LogP contribution is -2.45. The van der Waals surface area contributed by atoms with Crippen LogP contribution >= 0.6 is 0 Å². The number of amidine groups is 2. The zero-order valence-corrected chi connectivity index (χ0v) is 35.4. The van der Waals surface area contributed by atoms with Crippen LogP contribution in [0.1, 0.15) is 52.0 Å². The molecule has 0 aromatic heterocycles. The molecule has 0 radical (unpaired) electrons. The van der Waals surface area contributed by atoms with E-state index in [0.29, 0.717) is 5.84 Å². The average Bonchev–Trinajstić information content (AvgIpc) is 3.64. The molecule has 2 N–H and O–H groups in total. The summed E-state index contributed by atoms with van der Waals surface area (Å²) in [5.74, 6) is 1.49. The molecular weight excluding hydrogens is 777 g/mol. The molecule has 0 spiro atoms. The Hall–Kier alpha value is -8.08. The third-order valence-corrected chi connectivity index (χ3v) is 13.4. The van der Waals surface area contributed by atoms with E-state index in [-0.39, 0.29) is 17.6 Å². The van der Waals surface area contributed by atoms with Crippen LogP contribution in [0.5, 0.6) is 0 Å². The van der Waals surface area contributed by atoms with Gasteiger partial charge in [0.2, 0.25) is 0 Å². The summed E-state index contributed by atoms with van der Waals surface area (Å²) in [5, 5.41) is 9.99. The standard InChI is InChI=1S/C60H44N4/c1-60(47-21-9-4-10-22-47)53-27-15-13-24-49(53)50-34-33-43(38-54(50)60)45-35-44(39-29-31-40(32-30-39)56-52-26-12-11-23-48(52)51-25-14-16-28-55(51)61-56)36-46(37-45)59-63-57(41-17-5-2-6-18-41)62-58(64-59)42-19-7-3-8-20-42/h2-38,55,57,61H,1H3,(H,62,63,64). The lowest BCUT2D eigenvalue weighted by atomic mass is 9.74. The number of nitrogens with zero attached hydrogens (tertiary/aromatic N) is 2. The van der Waals surface area contributed by atoms with Gasteiger partial charge < -0.3 is 10.6 Å². The van der Waals surface area contributed by atoms with Gasteiger partial charge in [-0.15, -0.1) is 0 Å². The normalized spacial score (nSPS) is 19.0. The number of benzene rings is 8. The van der Waals surface area contributed by atoms with Crippen molar-refractivity contribution in [2.45, 2.75) is 24.5 Å². The van der Waals surface area contributed by atoms with E-state index in [9.17, 15) is 0 Å². The predicted octanol–water partition coefficient (Wildman–Crippen LogP) is 11.3. The molecule has 64 heavy (non-hydrogen) atoms. The van der Waals surface area contributed by atoms with Crippen molar-refractivity contribution in [3.63, 3.8) is 0 Å². The van der Waals surface area contributed by atoms with Crippen molar-refractivity contribution in [2.75, 3.05) is 0 Å². The summed E-state index contributed by atoms with van der Waals surface area (Å²) in [6.07, 6.45) is 8.41. The van der Waals surface area contributed by atoms with E-state index in [2.05, 4.69) is 230 Å². The summed E-state index contributed by atoms with van der Waals surface area (Å²) >= 11 is 0. The zero-order chi connectivity index (χ0) is 42.6. The van der Waals surface area contributed by atoms with Crippen LogP contribution in [0.2, 0.25) is 0 Å².